The molecule has 0 aliphatic heterocycles. The molecule has 0 saturated carbocycles. The molecule has 0 atom stereocenters. The van der Waals surface area contributed by atoms with Gasteiger partial charge in [0, 0.05) is 11.8 Å². The fourth-order valence-corrected chi connectivity index (χ4v) is 1.36. The number of aromatic nitrogens is 4. The average Bonchev–Trinajstić information content (AvgIpc) is 2.32. The number of imidazole rings is 1. The highest BCUT2D eigenvalue weighted by Gasteiger charge is 2.12. The van der Waals surface area contributed by atoms with E-state index in [-0.39, 0.29) is 26.9 Å². The Morgan fingerprint density at radius 3 is 2.23 bits per heavy atom. The SMILES string of the molecule is Clc1nc2nc(Cl)n(Cl)c2nc1Cl. The molecule has 0 aromatic carbocycles. The van der Waals surface area contributed by atoms with Gasteiger partial charge in [-0.15, -0.1) is 0 Å². The van der Waals surface area contributed by atoms with Gasteiger partial charge in [-0.2, -0.15) is 4.98 Å². The van der Waals surface area contributed by atoms with Gasteiger partial charge in [0.05, 0.1) is 0 Å². The van der Waals surface area contributed by atoms with Gasteiger partial charge < -0.3 is 0 Å². The monoisotopic (exact) mass is 256 g/mol. The topological polar surface area (TPSA) is 43.6 Å². The maximum Gasteiger partial charge on any atom is 0.221 e. The van der Waals surface area contributed by atoms with Gasteiger partial charge in [0.2, 0.25) is 10.9 Å². The van der Waals surface area contributed by atoms with Crippen LogP contribution in [-0.2, 0) is 0 Å². The molecule has 0 aliphatic rings. The third-order valence-corrected chi connectivity index (χ3v) is 2.61. The molecule has 2 heterocycles. The van der Waals surface area contributed by atoms with Crippen molar-refractivity contribution in [2.24, 2.45) is 0 Å². The Bertz CT molecular complexity index is 479. The van der Waals surface area contributed by atoms with E-state index in [0.717, 1.165) is 4.09 Å². The number of hydrogen-bond acceptors (Lipinski definition) is 3. The molecular formula is C5Cl4N4. The molecule has 8 heteroatoms. The molecule has 4 nitrogen and oxygen atoms in total. The number of hydrogen-bond donors (Lipinski definition) is 0. The number of fused-ring (bicyclic) bond motifs is 1. The van der Waals surface area contributed by atoms with E-state index >= 15 is 0 Å². The molecule has 0 saturated heterocycles. The maximum atomic E-state index is 5.68. The molecule has 0 aliphatic carbocycles. The highest BCUT2D eigenvalue weighted by Crippen LogP contribution is 2.23. The van der Waals surface area contributed by atoms with Gasteiger partial charge in [-0.1, -0.05) is 23.2 Å². The summed E-state index contributed by atoms with van der Waals surface area (Å²) in [7, 11) is 0. The minimum Gasteiger partial charge on any atom is -0.210 e. The Balaban J connectivity index is 2.89. The van der Waals surface area contributed by atoms with E-state index in [1.54, 1.807) is 0 Å². The van der Waals surface area contributed by atoms with Crippen LogP contribution < -0.4 is 0 Å². The lowest BCUT2D eigenvalue weighted by Gasteiger charge is -1.93. The third-order valence-electron chi connectivity index (χ3n) is 1.32. The maximum absolute atomic E-state index is 5.68. The molecule has 2 aromatic rings. The first-order valence-electron chi connectivity index (χ1n) is 3.02. The van der Waals surface area contributed by atoms with Crippen molar-refractivity contribution >= 4 is 57.9 Å². The molecule has 0 fully saturated rings. The van der Waals surface area contributed by atoms with Crippen LogP contribution in [0, 0.1) is 0 Å². The fourth-order valence-electron chi connectivity index (χ4n) is 0.804. The minimum atomic E-state index is 0.0626. The van der Waals surface area contributed by atoms with Crippen LogP contribution in [0.25, 0.3) is 11.3 Å². The summed E-state index contributed by atoms with van der Waals surface area (Å²) < 4.78 is 1.05. The van der Waals surface area contributed by atoms with Crippen molar-refractivity contribution in [3.05, 3.63) is 15.6 Å². The molecule has 68 valence electrons. The smallest absolute Gasteiger partial charge is 0.210 e. The lowest BCUT2D eigenvalue weighted by Crippen LogP contribution is -1.87. The largest absolute Gasteiger partial charge is 0.221 e. The summed E-state index contributed by atoms with van der Waals surface area (Å²) in [6.45, 7) is 0. The first-order valence-corrected chi connectivity index (χ1v) is 4.50. The summed E-state index contributed by atoms with van der Waals surface area (Å²) >= 11 is 22.5. The second-order valence-electron chi connectivity index (χ2n) is 2.11. The Morgan fingerprint density at radius 1 is 0.923 bits per heavy atom. The van der Waals surface area contributed by atoms with Gasteiger partial charge in [-0.05, 0) is 11.6 Å². The third kappa shape index (κ3) is 1.44. The van der Waals surface area contributed by atoms with Gasteiger partial charge >= 0.3 is 0 Å². The quantitative estimate of drug-likeness (QED) is 0.729. The lowest BCUT2D eigenvalue weighted by atomic mass is 10.7. The van der Waals surface area contributed by atoms with E-state index in [1.807, 2.05) is 0 Å². The van der Waals surface area contributed by atoms with E-state index in [1.165, 1.54) is 0 Å². The molecule has 0 radical (unpaired) electrons. The highest BCUT2D eigenvalue weighted by molar-refractivity contribution is 6.41. The Kier molecular flexibility index (Phi) is 2.23. The van der Waals surface area contributed by atoms with E-state index in [9.17, 15) is 0 Å². The number of nitrogens with zero attached hydrogens (tertiary/aromatic N) is 4. The van der Waals surface area contributed by atoms with Crippen LogP contribution >= 0.6 is 46.6 Å². The van der Waals surface area contributed by atoms with E-state index < -0.39 is 0 Å². The van der Waals surface area contributed by atoms with Crippen molar-refractivity contribution in [2.45, 2.75) is 0 Å². The number of rotatable bonds is 0. The molecule has 0 N–H and O–H groups in total. The van der Waals surface area contributed by atoms with Crippen LogP contribution in [0.1, 0.15) is 0 Å². The van der Waals surface area contributed by atoms with Crippen LogP contribution in [0.3, 0.4) is 0 Å². The molecule has 0 amide bonds. The second kappa shape index (κ2) is 3.13. The van der Waals surface area contributed by atoms with E-state index in [2.05, 4.69) is 15.0 Å². The van der Waals surface area contributed by atoms with Crippen molar-refractivity contribution in [3.63, 3.8) is 0 Å². The normalized spacial score (nSPS) is 11.1. The summed E-state index contributed by atoms with van der Waals surface area (Å²) in [6, 6.07) is 0. The van der Waals surface area contributed by atoms with E-state index in [4.69, 9.17) is 46.6 Å². The van der Waals surface area contributed by atoms with Crippen molar-refractivity contribution in [1.29, 1.82) is 0 Å². The Labute approximate surface area is 92.5 Å². The molecule has 2 aromatic heterocycles. The highest BCUT2D eigenvalue weighted by atomic mass is 35.5. The molecule has 13 heavy (non-hydrogen) atoms. The van der Waals surface area contributed by atoms with Crippen LogP contribution in [-0.4, -0.2) is 19.0 Å². The zero-order chi connectivity index (χ0) is 9.59. The van der Waals surface area contributed by atoms with Crippen molar-refractivity contribution in [2.75, 3.05) is 0 Å². The van der Waals surface area contributed by atoms with Crippen molar-refractivity contribution in [3.8, 4) is 0 Å². The van der Waals surface area contributed by atoms with Gasteiger partial charge in [0.1, 0.15) is 0 Å². The van der Waals surface area contributed by atoms with Gasteiger partial charge in [-0.25, -0.2) is 14.1 Å². The summed E-state index contributed by atoms with van der Waals surface area (Å²) in [6.07, 6.45) is 0. The number of halogens is 4. The zero-order valence-corrected chi connectivity index (χ0v) is 8.82. The Hall–Kier alpha value is -0.290. The van der Waals surface area contributed by atoms with Gasteiger partial charge in [-0.3, -0.25) is 0 Å². The standard InChI is InChI=1S/C5Cl4N4/c6-1-2(7)11-4-3(10-1)12-5(8)13(4)9. The van der Waals surface area contributed by atoms with Crippen molar-refractivity contribution < 1.29 is 0 Å². The van der Waals surface area contributed by atoms with Crippen LogP contribution in [0.5, 0.6) is 0 Å². The van der Waals surface area contributed by atoms with E-state index in [0.29, 0.717) is 0 Å². The van der Waals surface area contributed by atoms with Crippen LogP contribution in [0.2, 0.25) is 15.6 Å². The Morgan fingerprint density at radius 2 is 1.54 bits per heavy atom. The molecule has 0 bridgehead atoms. The molecule has 2 rings (SSSR count). The van der Waals surface area contributed by atoms with Gasteiger partial charge in [0.15, 0.2) is 16.0 Å². The summed E-state index contributed by atoms with van der Waals surface area (Å²) in [5.74, 6) is 0. The van der Waals surface area contributed by atoms with Crippen molar-refractivity contribution in [1.82, 2.24) is 19.0 Å². The lowest BCUT2D eigenvalue weighted by molar-refractivity contribution is 1.20. The van der Waals surface area contributed by atoms with Gasteiger partial charge in [0.25, 0.3) is 0 Å². The zero-order valence-electron chi connectivity index (χ0n) is 5.80. The van der Waals surface area contributed by atoms with Crippen LogP contribution in [0.15, 0.2) is 0 Å². The fraction of sp³-hybridized carbons (Fsp3) is 0. The predicted molar refractivity (Wildman–Crippen MR) is 51.6 cm³/mol. The second-order valence-corrected chi connectivity index (χ2v) is 3.51. The first-order chi connectivity index (χ1) is 6.09. The summed E-state index contributed by atoms with van der Waals surface area (Å²) in [4.78, 5) is 11.5. The molecular weight excluding hydrogens is 258 g/mol. The average molecular weight is 258 g/mol. The first kappa shape index (κ1) is 9.27. The van der Waals surface area contributed by atoms with Crippen LogP contribution in [0.4, 0.5) is 0 Å². The summed E-state index contributed by atoms with van der Waals surface area (Å²) in [5, 5.41) is 0.197. The molecule has 0 unspecified atom stereocenters. The molecule has 0 spiro atoms. The predicted octanol–water partition coefficient (Wildman–Crippen LogP) is 2.79. The summed E-state index contributed by atoms with van der Waals surface area (Å²) in [5.41, 5.74) is 0.537. The minimum absolute atomic E-state index is 0.0626.